The van der Waals surface area contributed by atoms with E-state index in [1.54, 1.807) is 0 Å². The maximum atomic E-state index is 5.84. The molecule has 1 saturated carbocycles. The van der Waals surface area contributed by atoms with E-state index in [1.165, 1.54) is 19.3 Å². The molecule has 2 aliphatic rings. The molecule has 0 aromatic carbocycles. The van der Waals surface area contributed by atoms with Crippen LogP contribution in [0.3, 0.4) is 0 Å². The molecule has 0 aromatic rings. The molecule has 1 atom stereocenters. The average molecular weight is 141 g/mol. The van der Waals surface area contributed by atoms with Crippen molar-refractivity contribution in [3.8, 4) is 0 Å². The number of rotatable bonds is 0. The lowest BCUT2D eigenvalue weighted by Crippen LogP contribution is -2.49. The van der Waals surface area contributed by atoms with E-state index in [-0.39, 0.29) is 5.60 Å². The van der Waals surface area contributed by atoms with E-state index in [0.717, 1.165) is 19.4 Å². The van der Waals surface area contributed by atoms with E-state index in [1.807, 2.05) is 0 Å². The second kappa shape index (κ2) is 2.21. The van der Waals surface area contributed by atoms with Crippen molar-refractivity contribution >= 4 is 0 Å². The molecular formula is C8H15NO. The fraction of sp³-hybridized carbons (Fsp3) is 1.00. The summed E-state index contributed by atoms with van der Waals surface area (Å²) in [5, 5.41) is 0. The molecule has 1 aliphatic carbocycles. The predicted octanol–water partition coefficient (Wildman–Crippen LogP) is 1.05. The monoisotopic (exact) mass is 141 g/mol. The Morgan fingerprint density at radius 1 is 1.40 bits per heavy atom. The third-order valence-electron chi connectivity index (χ3n) is 2.80. The Labute approximate surface area is 61.7 Å². The van der Waals surface area contributed by atoms with Gasteiger partial charge in [0.05, 0.1) is 5.60 Å². The van der Waals surface area contributed by atoms with Crippen molar-refractivity contribution in [1.29, 1.82) is 0 Å². The number of ether oxygens (including phenoxy) is 1. The van der Waals surface area contributed by atoms with Crippen LogP contribution in [0.15, 0.2) is 0 Å². The zero-order valence-corrected chi connectivity index (χ0v) is 6.31. The van der Waals surface area contributed by atoms with Gasteiger partial charge >= 0.3 is 0 Å². The summed E-state index contributed by atoms with van der Waals surface area (Å²) in [7, 11) is 0. The highest BCUT2D eigenvalue weighted by molar-refractivity contribution is 4.94. The quantitative estimate of drug-likeness (QED) is 0.547. The van der Waals surface area contributed by atoms with E-state index >= 15 is 0 Å². The summed E-state index contributed by atoms with van der Waals surface area (Å²) in [5.41, 5.74) is 6.09. The molecule has 1 spiro atoms. The van der Waals surface area contributed by atoms with Crippen molar-refractivity contribution in [1.82, 2.24) is 0 Å². The van der Waals surface area contributed by atoms with E-state index in [9.17, 15) is 0 Å². The highest BCUT2D eigenvalue weighted by Crippen LogP contribution is 2.41. The van der Waals surface area contributed by atoms with Crippen LogP contribution >= 0.6 is 0 Å². The topological polar surface area (TPSA) is 35.2 Å². The van der Waals surface area contributed by atoms with Crippen molar-refractivity contribution in [2.45, 2.75) is 43.7 Å². The van der Waals surface area contributed by atoms with E-state index < -0.39 is 0 Å². The molecule has 1 heterocycles. The lowest BCUT2D eigenvalue weighted by Gasteiger charge is -2.46. The number of nitrogens with two attached hydrogens (primary N) is 1. The Morgan fingerprint density at radius 2 is 2.20 bits per heavy atom. The number of hydrogen-bond acceptors (Lipinski definition) is 2. The zero-order valence-electron chi connectivity index (χ0n) is 6.31. The number of hydrogen-bond donors (Lipinski definition) is 1. The van der Waals surface area contributed by atoms with Crippen LogP contribution in [0.25, 0.3) is 0 Å². The van der Waals surface area contributed by atoms with Crippen LogP contribution in [0.2, 0.25) is 0 Å². The van der Waals surface area contributed by atoms with Crippen molar-refractivity contribution < 1.29 is 4.74 Å². The minimum absolute atomic E-state index is 0.248. The lowest BCUT2D eigenvalue weighted by molar-refractivity contribution is -0.132. The van der Waals surface area contributed by atoms with Crippen molar-refractivity contribution in [3.63, 3.8) is 0 Å². The second-order valence-electron chi connectivity index (χ2n) is 3.64. The molecule has 0 amide bonds. The molecule has 2 N–H and O–H groups in total. The van der Waals surface area contributed by atoms with Gasteiger partial charge in [0.25, 0.3) is 0 Å². The van der Waals surface area contributed by atoms with Crippen LogP contribution in [0.5, 0.6) is 0 Å². The van der Waals surface area contributed by atoms with Crippen LogP contribution in [0.4, 0.5) is 0 Å². The Hall–Kier alpha value is -0.0800. The summed E-state index contributed by atoms with van der Waals surface area (Å²) >= 11 is 0. The van der Waals surface area contributed by atoms with Crippen molar-refractivity contribution in [2.24, 2.45) is 5.73 Å². The molecule has 2 nitrogen and oxygen atoms in total. The third kappa shape index (κ3) is 0.956. The predicted molar refractivity (Wildman–Crippen MR) is 39.7 cm³/mol. The molecule has 2 heteroatoms. The molecular weight excluding hydrogens is 126 g/mol. The summed E-state index contributed by atoms with van der Waals surface area (Å²) in [6.07, 6.45) is 6.00. The van der Waals surface area contributed by atoms with Crippen molar-refractivity contribution in [2.75, 3.05) is 6.61 Å². The van der Waals surface area contributed by atoms with Gasteiger partial charge in [0.1, 0.15) is 0 Å². The van der Waals surface area contributed by atoms with Crippen LogP contribution in [-0.2, 0) is 4.74 Å². The van der Waals surface area contributed by atoms with Gasteiger partial charge in [-0.25, -0.2) is 0 Å². The summed E-state index contributed by atoms with van der Waals surface area (Å²) in [6.45, 7) is 0.890. The molecule has 0 bridgehead atoms. The molecule has 0 radical (unpaired) electrons. The smallest absolute Gasteiger partial charge is 0.0697 e. The van der Waals surface area contributed by atoms with E-state index in [0.29, 0.717) is 6.04 Å². The molecule has 2 fully saturated rings. The van der Waals surface area contributed by atoms with Crippen LogP contribution in [0, 0.1) is 0 Å². The molecule has 1 saturated heterocycles. The first kappa shape index (κ1) is 6.62. The molecule has 0 unspecified atom stereocenters. The fourth-order valence-electron chi connectivity index (χ4n) is 1.99. The van der Waals surface area contributed by atoms with Crippen LogP contribution in [0.1, 0.15) is 32.1 Å². The average Bonchev–Trinajstić information content (AvgIpc) is 1.85. The third-order valence-corrected chi connectivity index (χ3v) is 2.80. The molecule has 0 aromatic heterocycles. The van der Waals surface area contributed by atoms with Crippen LogP contribution in [-0.4, -0.2) is 18.2 Å². The van der Waals surface area contributed by atoms with Gasteiger partial charge in [-0.05, 0) is 32.1 Å². The summed E-state index contributed by atoms with van der Waals surface area (Å²) < 4.78 is 5.69. The second-order valence-corrected chi connectivity index (χ2v) is 3.64. The van der Waals surface area contributed by atoms with Gasteiger partial charge in [-0.15, -0.1) is 0 Å². The summed E-state index contributed by atoms with van der Waals surface area (Å²) in [6, 6.07) is 0.411. The van der Waals surface area contributed by atoms with Gasteiger partial charge in [0, 0.05) is 12.6 Å². The maximum Gasteiger partial charge on any atom is 0.0697 e. The molecule has 58 valence electrons. The highest BCUT2D eigenvalue weighted by Gasteiger charge is 2.41. The first-order chi connectivity index (χ1) is 4.81. The zero-order chi connectivity index (χ0) is 7.03. The minimum atomic E-state index is 0.248. The Kier molecular flexibility index (Phi) is 1.46. The van der Waals surface area contributed by atoms with Gasteiger partial charge in [-0.2, -0.15) is 0 Å². The van der Waals surface area contributed by atoms with E-state index in [2.05, 4.69) is 0 Å². The summed E-state index contributed by atoms with van der Waals surface area (Å²) in [5.74, 6) is 0. The molecule has 2 rings (SSSR count). The van der Waals surface area contributed by atoms with Gasteiger partial charge in [-0.3, -0.25) is 0 Å². The maximum absolute atomic E-state index is 5.84. The van der Waals surface area contributed by atoms with Crippen molar-refractivity contribution in [3.05, 3.63) is 0 Å². The first-order valence-electron chi connectivity index (χ1n) is 4.20. The van der Waals surface area contributed by atoms with Gasteiger partial charge in [0.2, 0.25) is 0 Å². The fourth-order valence-corrected chi connectivity index (χ4v) is 1.99. The van der Waals surface area contributed by atoms with Crippen LogP contribution < -0.4 is 5.73 Å². The largest absolute Gasteiger partial charge is 0.375 e. The van der Waals surface area contributed by atoms with Gasteiger partial charge < -0.3 is 10.5 Å². The standard InChI is InChI=1S/C8H15NO/c9-7-2-5-10-8(6-7)3-1-4-8/h7H,1-6,9H2/t7-/m1/s1. The Balaban J connectivity index is 1.96. The summed E-state index contributed by atoms with van der Waals surface area (Å²) in [4.78, 5) is 0. The first-order valence-corrected chi connectivity index (χ1v) is 4.20. The highest BCUT2D eigenvalue weighted by atomic mass is 16.5. The molecule has 1 aliphatic heterocycles. The van der Waals surface area contributed by atoms with E-state index in [4.69, 9.17) is 10.5 Å². The minimum Gasteiger partial charge on any atom is -0.375 e. The molecule has 10 heavy (non-hydrogen) atoms. The Bertz CT molecular complexity index is 131. The van der Waals surface area contributed by atoms with Gasteiger partial charge in [0.15, 0.2) is 0 Å². The Morgan fingerprint density at radius 3 is 2.60 bits per heavy atom. The SMILES string of the molecule is N[C@@H]1CCOC2(CCC2)C1. The normalized spacial score (nSPS) is 37.5. The van der Waals surface area contributed by atoms with Gasteiger partial charge in [-0.1, -0.05) is 0 Å². The lowest BCUT2D eigenvalue weighted by atomic mass is 9.74.